The Morgan fingerprint density at radius 2 is 1.96 bits per heavy atom. The Kier molecular flexibility index (Phi) is 8.34. The molecule has 136 valence electrons. The molecule has 5 heteroatoms. The van der Waals surface area contributed by atoms with E-state index in [0.29, 0.717) is 24.4 Å². The second-order valence-electron chi connectivity index (χ2n) is 8.18. The van der Waals surface area contributed by atoms with Crippen LogP contribution in [0.1, 0.15) is 53.9 Å². The summed E-state index contributed by atoms with van der Waals surface area (Å²) in [7, 11) is 2.22. The minimum atomic E-state index is -0.443. The summed E-state index contributed by atoms with van der Waals surface area (Å²) in [5.41, 5.74) is -0.443. The molecule has 0 radical (unpaired) electrons. The molecular formula is C18H37N3O2. The van der Waals surface area contributed by atoms with Crippen molar-refractivity contribution in [1.29, 1.82) is 0 Å². The molecular weight excluding hydrogens is 290 g/mol. The third-order valence-corrected chi connectivity index (χ3v) is 4.56. The SMILES string of the molecule is CC(C)C(CNCC1CCCCN1C)CNC(=O)OC(C)(C)C. The van der Waals surface area contributed by atoms with E-state index in [1.165, 1.54) is 25.8 Å². The van der Waals surface area contributed by atoms with Crippen LogP contribution >= 0.6 is 0 Å². The van der Waals surface area contributed by atoms with Gasteiger partial charge in [-0.1, -0.05) is 20.3 Å². The lowest BCUT2D eigenvalue weighted by atomic mass is 9.95. The minimum Gasteiger partial charge on any atom is -0.444 e. The van der Waals surface area contributed by atoms with Crippen molar-refractivity contribution in [2.24, 2.45) is 11.8 Å². The molecule has 0 bridgehead atoms. The van der Waals surface area contributed by atoms with Gasteiger partial charge in [0.1, 0.15) is 5.60 Å². The molecule has 0 aromatic heterocycles. The van der Waals surface area contributed by atoms with Gasteiger partial charge in [0.2, 0.25) is 0 Å². The van der Waals surface area contributed by atoms with Crippen LogP contribution in [-0.2, 0) is 4.74 Å². The van der Waals surface area contributed by atoms with Gasteiger partial charge in [0, 0.05) is 19.1 Å². The third-order valence-electron chi connectivity index (χ3n) is 4.56. The van der Waals surface area contributed by atoms with Crippen LogP contribution in [0.25, 0.3) is 0 Å². The zero-order valence-corrected chi connectivity index (χ0v) is 15.9. The predicted octanol–water partition coefficient (Wildman–Crippen LogP) is 2.86. The minimum absolute atomic E-state index is 0.324. The fourth-order valence-corrected chi connectivity index (χ4v) is 2.91. The number of carbonyl (C=O) groups is 1. The van der Waals surface area contributed by atoms with Gasteiger partial charge < -0.3 is 20.3 Å². The molecule has 1 heterocycles. The summed E-state index contributed by atoms with van der Waals surface area (Å²) >= 11 is 0. The van der Waals surface area contributed by atoms with Crippen LogP contribution in [0, 0.1) is 11.8 Å². The Bertz CT molecular complexity index is 353. The highest BCUT2D eigenvalue weighted by molar-refractivity contribution is 5.67. The van der Waals surface area contributed by atoms with Crippen molar-refractivity contribution in [2.45, 2.75) is 65.5 Å². The number of carbonyl (C=O) groups excluding carboxylic acids is 1. The van der Waals surface area contributed by atoms with E-state index in [1.54, 1.807) is 0 Å². The number of alkyl carbamates (subject to hydrolysis) is 1. The molecule has 1 amide bonds. The fraction of sp³-hybridized carbons (Fsp3) is 0.944. The number of piperidine rings is 1. The van der Waals surface area contributed by atoms with E-state index in [0.717, 1.165) is 13.1 Å². The average molecular weight is 328 g/mol. The molecule has 0 aliphatic carbocycles. The highest BCUT2D eigenvalue weighted by Crippen LogP contribution is 2.15. The van der Waals surface area contributed by atoms with E-state index < -0.39 is 5.60 Å². The topological polar surface area (TPSA) is 53.6 Å². The monoisotopic (exact) mass is 327 g/mol. The van der Waals surface area contributed by atoms with Gasteiger partial charge in [0.15, 0.2) is 0 Å². The predicted molar refractivity (Wildman–Crippen MR) is 95.7 cm³/mol. The molecule has 23 heavy (non-hydrogen) atoms. The molecule has 0 aromatic carbocycles. The van der Waals surface area contributed by atoms with Crippen LogP contribution in [0.3, 0.4) is 0 Å². The average Bonchev–Trinajstić information content (AvgIpc) is 2.42. The molecule has 0 saturated carbocycles. The summed E-state index contributed by atoms with van der Waals surface area (Å²) in [6.07, 6.45) is 3.62. The van der Waals surface area contributed by atoms with Crippen LogP contribution < -0.4 is 10.6 Å². The summed E-state index contributed by atoms with van der Waals surface area (Å²) in [4.78, 5) is 14.2. The lowest BCUT2D eigenvalue weighted by molar-refractivity contribution is 0.0514. The number of nitrogens with zero attached hydrogens (tertiary/aromatic N) is 1. The summed E-state index contributed by atoms with van der Waals surface area (Å²) in [5, 5.41) is 6.51. The van der Waals surface area contributed by atoms with Gasteiger partial charge in [-0.2, -0.15) is 0 Å². The molecule has 1 aliphatic heterocycles. The van der Waals surface area contributed by atoms with E-state index >= 15 is 0 Å². The van der Waals surface area contributed by atoms with E-state index in [9.17, 15) is 4.79 Å². The van der Waals surface area contributed by atoms with E-state index in [2.05, 4.69) is 36.4 Å². The number of likely N-dealkylation sites (N-methyl/N-ethyl adjacent to an activating group) is 1. The van der Waals surface area contributed by atoms with Gasteiger partial charge in [-0.05, 0) is 65.6 Å². The second kappa shape index (κ2) is 9.48. The van der Waals surface area contributed by atoms with Crippen molar-refractivity contribution < 1.29 is 9.53 Å². The molecule has 1 aliphatic rings. The maximum Gasteiger partial charge on any atom is 0.407 e. The van der Waals surface area contributed by atoms with E-state index in [-0.39, 0.29) is 6.09 Å². The second-order valence-corrected chi connectivity index (χ2v) is 8.18. The van der Waals surface area contributed by atoms with Crippen LogP contribution in [0.2, 0.25) is 0 Å². The molecule has 1 rings (SSSR count). The zero-order valence-electron chi connectivity index (χ0n) is 15.9. The molecule has 1 saturated heterocycles. The first-order valence-corrected chi connectivity index (χ1v) is 9.07. The van der Waals surface area contributed by atoms with Crippen molar-refractivity contribution in [3.8, 4) is 0 Å². The van der Waals surface area contributed by atoms with Gasteiger partial charge in [0.25, 0.3) is 0 Å². The molecule has 2 atom stereocenters. The van der Waals surface area contributed by atoms with Gasteiger partial charge in [0.05, 0.1) is 0 Å². The standard InChI is InChI=1S/C18H37N3O2/c1-14(2)15(12-20-17(22)23-18(3,4)5)11-19-13-16-9-7-8-10-21(16)6/h14-16,19H,7-13H2,1-6H3,(H,20,22). The van der Waals surface area contributed by atoms with Crippen LogP contribution in [0.15, 0.2) is 0 Å². The summed E-state index contributed by atoms with van der Waals surface area (Å²) in [6, 6.07) is 0.648. The fourth-order valence-electron chi connectivity index (χ4n) is 2.91. The van der Waals surface area contributed by atoms with Crippen molar-refractivity contribution in [3.05, 3.63) is 0 Å². The quantitative estimate of drug-likeness (QED) is 0.755. The number of amides is 1. The van der Waals surface area contributed by atoms with Crippen molar-refractivity contribution in [2.75, 3.05) is 33.2 Å². The van der Waals surface area contributed by atoms with Crippen LogP contribution in [-0.4, -0.2) is 55.9 Å². The van der Waals surface area contributed by atoms with Crippen molar-refractivity contribution in [1.82, 2.24) is 15.5 Å². The van der Waals surface area contributed by atoms with E-state index in [1.807, 2.05) is 20.8 Å². The smallest absolute Gasteiger partial charge is 0.407 e. The molecule has 0 spiro atoms. The maximum atomic E-state index is 11.8. The Morgan fingerprint density at radius 1 is 1.26 bits per heavy atom. The van der Waals surface area contributed by atoms with Gasteiger partial charge >= 0.3 is 6.09 Å². The van der Waals surface area contributed by atoms with Gasteiger partial charge in [-0.15, -0.1) is 0 Å². The Morgan fingerprint density at radius 3 is 2.52 bits per heavy atom. The summed E-state index contributed by atoms with van der Waals surface area (Å²) in [5.74, 6) is 0.929. The molecule has 2 unspecified atom stereocenters. The van der Waals surface area contributed by atoms with Crippen molar-refractivity contribution in [3.63, 3.8) is 0 Å². The van der Waals surface area contributed by atoms with Crippen LogP contribution in [0.5, 0.6) is 0 Å². The van der Waals surface area contributed by atoms with E-state index in [4.69, 9.17) is 4.74 Å². The molecule has 5 nitrogen and oxygen atoms in total. The maximum absolute atomic E-state index is 11.8. The summed E-state index contributed by atoms with van der Waals surface area (Å²) < 4.78 is 5.30. The van der Waals surface area contributed by atoms with Gasteiger partial charge in [-0.25, -0.2) is 4.79 Å². The Labute approximate surface area is 142 Å². The molecule has 2 N–H and O–H groups in total. The molecule has 1 fully saturated rings. The number of hydrogen-bond acceptors (Lipinski definition) is 4. The first kappa shape index (κ1) is 20.2. The Balaban J connectivity index is 2.30. The normalized spacial score (nSPS) is 21.3. The zero-order chi connectivity index (χ0) is 17.5. The van der Waals surface area contributed by atoms with Gasteiger partial charge in [-0.3, -0.25) is 0 Å². The van der Waals surface area contributed by atoms with Crippen molar-refractivity contribution >= 4 is 6.09 Å². The number of hydrogen-bond donors (Lipinski definition) is 2. The number of nitrogens with one attached hydrogen (secondary N) is 2. The van der Waals surface area contributed by atoms with Crippen LogP contribution in [0.4, 0.5) is 4.79 Å². The Hall–Kier alpha value is -0.810. The third kappa shape index (κ3) is 8.56. The number of rotatable bonds is 7. The largest absolute Gasteiger partial charge is 0.444 e. The first-order chi connectivity index (χ1) is 10.7. The first-order valence-electron chi connectivity index (χ1n) is 9.07. The number of ether oxygens (including phenoxy) is 1. The number of likely N-dealkylation sites (tertiary alicyclic amines) is 1. The lowest BCUT2D eigenvalue weighted by Crippen LogP contribution is -2.45. The molecule has 0 aromatic rings. The lowest BCUT2D eigenvalue weighted by Gasteiger charge is -2.33. The summed E-state index contributed by atoms with van der Waals surface area (Å²) in [6.45, 7) is 13.9. The highest BCUT2D eigenvalue weighted by atomic mass is 16.6. The highest BCUT2D eigenvalue weighted by Gasteiger charge is 2.21.